The number of nitrogens with one attached hydrogen (secondary N) is 6. The molecule has 0 saturated carbocycles. The summed E-state index contributed by atoms with van der Waals surface area (Å²) in [7, 11) is 17.0. The first-order valence-corrected chi connectivity index (χ1v) is 53.7. The van der Waals surface area contributed by atoms with Gasteiger partial charge in [-0.1, -0.05) is 252 Å². The number of likely N-dealkylation sites (N-methyl/N-ethyl adjacent to an activating group) is 4. The molecule has 2 aliphatic rings. The SMILES string of the molecule is CC(=O)c1ccc(C(C)C)cc1.CC[C@@H](C)C([C@H](CC(=O)N1CCCC1[C@@H](OC)[C@H](C)C(=O)N[C@H](Cc1ccccc1)C(=O)NCCOCCOCCO/N=C(\C)c1ccc(C(C)C)cc1)OC)N(C)C(=O)[C@H](NC(=O)C(C(C)C)N(C)C)C(C)C.CC[C@@H](C)C([C@H](CC(=O)N1CCCC1[C@@H](OC)[C@H](C)C(=O)N[C@H](Cc1ccccc1)C(=O)NCCOCCOCCON)OC)N(C)C(=O)[C@H](NC(=O)C(C(C)C)N(C)C)C(C)C. The van der Waals surface area contributed by atoms with E-state index in [-0.39, 0.29) is 159 Å². The molecule has 10 amide bonds. The second-order valence-corrected chi connectivity index (χ2v) is 42.0. The molecule has 35 heteroatoms. The van der Waals surface area contributed by atoms with Gasteiger partial charge in [0.2, 0.25) is 59.1 Å². The topological polar surface area (TPSA) is 410 Å². The molecule has 0 spiro atoms. The number of hydrogen-bond donors (Lipinski definition) is 7. The van der Waals surface area contributed by atoms with E-state index in [1.165, 1.54) is 25.3 Å². The van der Waals surface area contributed by atoms with Crippen molar-refractivity contribution in [2.24, 2.45) is 58.4 Å². The van der Waals surface area contributed by atoms with Crippen molar-refractivity contribution < 1.29 is 100 Å². The first-order valence-electron chi connectivity index (χ1n) is 53.7. The Morgan fingerprint density at radius 2 is 0.752 bits per heavy atom. The second-order valence-electron chi connectivity index (χ2n) is 42.0. The maximum Gasteiger partial charge on any atom is 0.245 e. The molecule has 2 aliphatic heterocycles. The quantitative estimate of drug-likeness (QED) is 0.00934. The number of oxime groups is 1. The van der Waals surface area contributed by atoms with Crippen molar-refractivity contribution in [3.05, 3.63) is 143 Å². The third-order valence-corrected chi connectivity index (χ3v) is 28.4. The number of rotatable bonds is 65. The standard InChI is InChI=1S/C57H93N7O10.C46H81N7O10.C11H14O/c1-16-40(8)52(63(13)57(69)50(38(4)5)60-56(68)51(39(6)7)62(11)12)48(70-14)36-49(65)64-29-20-23-47(64)53(71-15)41(9)54(66)59-46(35-43-21-18-17-19-22-43)55(67)58-28-30-72-31-32-73-33-34-74-61-42(10)45-26-24-44(25-27-45)37(2)3;1-13-32(6)41(52(10)46(58)39(30(2)3)50-45(57)40(31(4)5)51(8)9)37(59-11)29-38(54)53-22-17-20-36(53)42(60-12)33(7)43(55)49-35(28-34-18-15-14-16-19-34)44(56)48-21-23-61-24-25-62-26-27-63-47;1-8(2)10-4-6-11(7-5-10)9(3)12/h17-19,21-22,24-27,37-41,46-48,50-53H,16,20,23,28-36H2,1-15H3,(H,58,67)(H,59,66)(H,60,68);14-16,18-19,30-33,35-37,39-42H,13,17,20-29,47H2,1-12H3,(H,48,56)(H,49,55)(H,50,57);4-8H,1-3H3/b61-42+;;/t40-,41+,46-,47?,48+,50-,51?,52?,53+;32-,33+,35-,36?,37+,39-,40?,41?,42+;/m11./s1. The van der Waals surface area contributed by atoms with E-state index < -0.39 is 96.7 Å². The van der Waals surface area contributed by atoms with Gasteiger partial charge in [0, 0.05) is 87.1 Å². The number of ether oxygens (including phenoxy) is 8. The van der Waals surface area contributed by atoms with Gasteiger partial charge >= 0.3 is 0 Å². The summed E-state index contributed by atoms with van der Waals surface area (Å²) in [5.74, 6) is 1.46. The number of amides is 10. The fraction of sp³-hybridized carbons (Fsp3) is 0.684. The lowest BCUT2D eigenvalue weighted by atomic mass is 9.89. The lowest BCUT2D eigenvalue weighted by Gasteiger charge is -2.41. The first kappa shape index (κ1) is 132. The molecule has 6 rings (SSSR count). The highest BCUT2D eigenvalue weighted by Gasteiger charge is 2.47. The van der Waals surface area contributed by atoms with Crippen LogP contribution in [0.25, 0.3) is 0 Å². The zero-order valence-corrected chi connectivity index (χ0v) is 95.5. The maximum absolute atomic E-state index is 14.5. The van der Waals surface area contributed by atoms with Crippen molar-refractivity contribution in [3.63, 3.8) is 0 Å². The molecule has 35 nitrogen and oxygen atoms in total. The molecule has 18 atom stereocenters. The average molecular weight is 2090 g/mol. The van der Waals surface area contributed by atoms with Crippen LogP contribution in [-0.4, -0.2) is 348 Å². The smallest absolute Gasteiger partial charge is 0.245 e. The van der Waals surface area contributed by atoms with Crippen LogP contribution < -0.4 is 37.8 Å². The van der Waals surface area contributed by atoms with Crippen LogP contribution >= 0.6 is 0 Å². The number of carbonyl (C=O) groups is 11. The molecule has 6 unspecified atom stereocenters. The summed E-state index contributed by atoms with van der Waals surface area (Å²) in [4.78, 5) is 171. The summed E-state index contributed by atoms with van der Waals surface area (Å²) in [6.07, 6.45) is 1.89. The van der Waals surface area contributed by atoms with Crippen molar-refractivity contribution in [1.82, 2.24) is 61.3 Å². The van der Waals surface area contributed by atoms with Crippen LogP contribution in [0.1, 0.15) is 240 Å². The highest BCUT2D eigenvalue weighted by molar-refractivity contribution is 5.98. The molecular formula is C114H188N14O21. The molecule has 0 aromatic heterocycles. The van der Waals surface area contributed by atoms with Crippen LogP contribution in [0.5, 0.6) is 0 Å². The Bertz CT molecular complexity index is 4590. The average Bonchev–Trinajstić information content (AvgIpc) is 1.78. The van der Waals surface area contributed by atoms with Crippen LogP contribution in [-0.2, 0) is 108 Å². The molecule has 840 valence electrons. The van der Waals surface area contributed by atoms with Gasteiger partial charge in [-0.3, -0.25) is 62.5 Å². The molecule has 2 heterocycles. The Morgan fingerprint density at radius 3 is 1.06 bits per heavy atom. The molecule has 0 bridgehead atoms. The molecule has 8 N–H and O–H groups in total. The minimum absolute atomic E-state index is 0.00923. The van der Waals surface area contributed by atoms with E-state index in [0.717, 1.165) is 34.4 Å². The van der Waals surface area contributed by atoms with E-state index in [1.807, 2.05) is 225 Å². The number of methoxy groups -OCH3 is 4. The number of benzene rings is 4. The summed E-state index contributed by atoms with van der Waals surface area (Å²) < 4.78 is 46.4. The van der Waals surface area contributed by atoms with Gasteiger partial charge in [-0.05, 0) is 143 Å². The lowest BCUT2D eigenvalue weighted by Crippen LogP contribution is -2.59. The van der Waals surface area contributed by atoms with E-state index in [2.05, 4.69) is 81.7 Å². The predicted octanol–water partition coefficient (Wildman–Crippen LogP) is 11.5. The Labute approximate surface area is 890 Å². The Kier molecular flexibility index (Phi) is 61.5. The number of ketones is 1. The Hall–Kier alpha value is -9.76. The summed E-state index contributed by atoms with van der Waals surface area (Å²) >= 11 is 0. The Balaban J connectivity index is 0.000000561. The number of likely N-dealkylation sites (tertiary alicyclic amines) is 2. The van der Waals surface area contributed by atoms with Crippen molar-refractivity contribution in [3.8, 4) is 0 Å². The third-order valence-electron chi connectivity index (χ3n) is 28.4. The number of Topliss-reactive ketones (excluding diaryl/α,β-unsaturated/α-hetero) is 1. The first-order chi connectivity index (χ1) is 70.7. The largest absolute Gasteiger partial charge is 0.393 e. The lowest BCUT2D eigenvalue weighted by molar-refractivity contribution is -0.148. The van der Waals surface area contributed by atoms with Crippen molar-refractivity contribution >= 4 is 70.6 Å². The molecule has 2 saturated heterocycles. The molecular weight excluding hydrogens is 1900 g/mol. The van der Waals surface area contributed by atoms with Gasteiger partial charge in [0.1, 0.15) is 30.8 Å². The van der Waals surface area contributed by atoms with Gasteiger partial charge in [-0.15, -0.1) is 0 Å². The molecule has 4 aromatic rings. The fourth-order valence-corrected chi connectivity index (χ4v) is 19.5. The molecule has 149 heavy (non-hydrogen) atoms. The van der Waals surface area contributed by atoms with Gasteiger partial charge in [-0.25, -0.2) is 5.90 Å². The zero-order valence-electron chi connectivity index (χ0n) is 95.5. The Morgan fingerprint density at radius 1 is 0.409 bits per heavy atom. The molecule has 2 fully saturated rings. The van der Waals surface area contributed by atoms with E-state index in [4.69, 9.17) is 48.6 Å². The van der Waals surface area contributed by atoms with Crippen LogP contribution in [0.2, 0.25) is 0 Å². The van der Waals surface area contributed by atoms with Crippen molar-refractivity contribution in [2.45, 2.75) is 299 Å². The zero-order chi connectivity index (χ0) is 111. The van der Waals surface area contributed by atoms with Crippen LogP contribution in [0.15, 0.2) is 114 Å². The summed E-state index contributed by atoms with van der Waals surface area (Å²) in [6.45, 7) is 43.8. The molecule has 0 aliphatic carbocycles. The molecule has 0 radical (unpaired) electrons. The van der Waals surface area contributed by atoms with Gasteiger partial charge in [0.15, 0.2) is 5.78 Å². The minimum atomic E-state index is -0.895. The predicted molar refractivity (Wildman–Crippen MR) is 583 cm³/mol. The van der Waals surface area contributed by atoms with E-state index in [9.17, 15) is 52.7 Å². The van der Waals surface area contributed by atoms with E-state index >= 15 is 0 Å². The number of carbonyl (C=O) groups excluding carboxylic acids is 11. The summed E-state index contributed by atoms with van der Waals surface area (Å²) in [5, 5.41) is 22.0. The van der Waals surface area contributed by atoms with Crippen LogP contribution in [0, 0.1) is 47.3 Å². The third kappa shape index (κ3) is 43.4. The van der Waals surface area contributed by atoms with E-state index in [0.29, 0.717) is 103 Å². The highest BCUT2D eigenvalue weighted by Crippen LogP contribution is 2.34. The number of nitrogens with two attached hydrogens (primary N) is 1. The minimum Gasteiger partial charge on any atom is -0.393 e. The maximum atomic E-state index is 14.5. The van der Waals surface area contributed by atoms with Crippen molar-refractivity contribution in [2.75, 3.05) is 163 Å². The normalized spacial score (nSPS) is 17.1. The number of hydrogen-bond acceptors (Lipinski definition) is 25. The van der Waals surface area contributed by atoms with E-state index in [1.54, 1.807) is 68.7 Å². The fourth-order valence-electron chi connectivity index (χ4n) is 19.5. The second kappa shape index (κ2) is 69.7. The highest BCUT2D eigenvalue weighted by atomic mass is 16.6. The monoisotopic (exact) mass is 2090 g/mol. The van der Waals surface area contributed by atoms with Crippen LogP contribution in [0.3, 0.4) is 0 Å². The van der Waals surface area contributed by atoms with Gasteiger partial charge in [0.25, 0.3) is 0 Å². The molecule has 4 aromatic carbocycles. The van der Waals surface area contributed by atoms with Gasteiger partial charge < -0.3 is 99.1 Å². The summed E-state index contributed by atoms with van der Waals surface area (Å²) in [5.41, 5.74) is 6.88. The van der Waals surface area contributed by atoms with Crippen LogP contribution in [0.4, 0.5) is 0 Å². The van der Waals surface area contributed by atoms with Gasteiger partial charge in [0.05, 0.1) is 151 Å². The number of nitrogens with zero attached hydrogens (tertiary/aromatic N) is 7. The van der Waals surface area contributed by atoms with Gasteiger partial charge in [-0.2, -0.15) is 0 Å². The van der Waals surface area contributed by atoms with Crippen molar-refractivity contribution in [1.29, 1.82) is 0 Å². The summed E-state index contributed by atoms with van der Waals surface area (Å²) in [6, 6.07) is 29.0.